The van der Waals surface area contributed by atoms with E-state index in [1.807, 2.05) is 23.6 Å². The molecule has 0 bridgehead atoms. The molecule has 0 spiro atoms. The first-order chi connectivity index (χ1) is 19.0. The number of hydrogen-bond acceptors (Lipinski definition) is 6. The zero-order valence-electron chi connectivity index (χ0n) is 22.7. The van der Waals surface area contributed by atoms with Crippen LogP contribution in [0.3, 0.4) is 0 Å². The Kier molecular flexibility index (Phi) is 8.73. The van der Waals surface area contributed by atoms with Crippen molar-refractivity contribution in [1.82, 2.24) is 20.2 Å². The van der Waals surface area contributed by atoms with E-state index in [9.17, 15) is 22.8 Å². The fourth-order valence-electron chi connectivity index (χ4n) is 4.65. The quantitative estimate of drug-likeness (QED) is 0.448. The molecule has 3 aromatic rings. The average molecular weight is 555 g/mol. The summed E-state index contributed by atoms with van der Waals surface area (Å²) in [5, 5.41) is 2.88. The molecule has 40 heavy (non-hydrogen) atoms. The first-order valence-electron chi connectivity index (χ1n) is 13.2. The van der Waals surface area contributed by atoms with Crippen molar-refractivity contribution >= 4 is 17.6 Å². The predicted octanol–water partition coefficient (Wildman–Crippen LogP) is 4.42. The minimum Gasteiger partial charge on any atom is -0.353 e. The number of anilines is 1. The van der Waals surface area contributed by atoms with Gasteiger partial charge in [0.05, 0.1) is 11.6 Å². The number of hydrogen-bond donors (Lipinski definition) is 2. The van der Waals surface area contributed by atoms with Crippen molar-refractivity contribution in [2.45, 2.75) is 39.5 Å². The summed E-state index contributed by atoms with van der Waals surface area (Å²) in [6.45, 7) is 8.06. The maximum atomic E-state index is 13.3. The maximum absolute atomic E-state index is 13.3. The Balaban J connectivity index is 1.42. The highest BCUT2D eigenvalue weighted by Gasteiger charge is 2.31. The standard InChI is InChI=1S/C29H33F3N6O2/c1-18(2)28(40)38-14-12-37(13-15-38)25-10-11-34-26(36-25)27(39)35-19(3)20-4-6-21(7-5-20)24-16-23(29(30,31)32)9-8-22(24)17-33/h4-11,16,18-19H,12-15,17,33H2,1-3H3,(H,35,39)/t19-/m1/s1. The van der Waals surface area contributed by atoms with Crippen molar-refractivity contribution in [2.75, 3.05) is 31.1 Å². The number of benzene rings is 2. The average Bonchev–Trinajstić information content (AvgIpc) is 2.96. The summed E-state index contributed by atoms with van der Waals surface area (Å²) >= 11 is 0. The number of carbonyl (C=O) groups excluding carboxylic acids is 2. The van der Waals surface area contributed by atoms with Gasteiger partial charge in [-0.05, 0) is 47.4 Å². The molecule has 1 fully saturated rings. The van der Waals surface area contributed by atoms with E-state index in [2.05, 4.69) is 15.3 Å². The van der Waals surface area contributed by atoms with Crippen molar-refractivity contribution in [2.24, 2.45) is 11.7 Å². The number of nitrogens with zero attached hydrogens (tertiary/aromatic N) is 4. The van der Waals surface area contributed by atoms with E-state index in [-0.39, 0.29) is 24.2 Å². The molecule has 3 N–H and O–H groups in total. The molecule has 2 aromatic carbocycles. The van der Waals surface area contributed by atoms with Crippen LogP contribution in [0.1, 0.15) is 54.1 Å². The van der Waals surface area contributed by atoms with Crippen LogP contribution in [-0.4, -0.2) is 52.9 Å². The van der Waals surface area contributed by atoms with Crippen LogP contribution in [0, 0.1) is 5.92 Å². The SMILES string of the molecule is CC(C)C(=O)N1CCN(c2ccnc(C(=O)N[C@H](C)c3ccc(-c4cc(C(F)(F)F)ccc4CN)cc3)n2)CC1. The van der Waals surface area contributed by atoms with E-state index < -0.39 is 23.7 Å². The molecule has 4 rings (SSSR count). The molecular formula is C29H33F3N6O2. The Bertz CT molecular complexity index is 1350. The summed E-state index contributed by atoms with van der Waals surface area (Å²) in [5.41, 5.74) is 7.41. The number of amides is 2. The molecule has 1 aliphatic heterocycles. The summed E-state index contributed by atoms with van der Waals surface area (Å²) < 4.78 is 39.8. The lowest BCUT2D eigenvalue weighted by molar-refractivity contribution is -0.137. The van der Waals surface area contributed by atoms with E-state index in [0.29, 0.717) is 48.7 Å². The van der Waals surface area contributed by atoms with E-state index >= 15 is 0 Å². The highest BCUT2D eigenvalue weighted by atomic mass is 19.4. The first kappa shape index (κ1) is 29.0. The molecule has 2 amide bonds. The summed E-state index contributed by atoms with van der Waals surface area (Å²) in [4.78, 5) is 37.6. The van der Waals surface area contributed by atoms with Gasteiger partial charge in [0.25, 0.3) is 5.91 Å². The Morgan fingerprint density at radius 1 is 1.00 bits per heavy atom. The molecule has 1 aromatic heterocycles. The zero-order valence-corrected chi connectivity index (χ0v) is 22.7. The summed E-state index contributed by atoms with van der Waals surface area (Å²) in [6.07, 6.45) is -2.92. The molecule has 1 saturated heterocycles. The number of piperazine rings is 1. The molecule has 0 aliphatic carbocycles. The van der Waals surface area contributed by atoms with Gasteiger partial charge >= 0.3 is 6.18 Å². The molecule has 212 valence electrons. The second kappa shape index (κ2) is 12.0. The normalized spacial score (nSPS) is 14.8. The summed E-state index contributed by atoms with van der Waals surface area (Å²) in [6, 6.07) is 11.8. The molecule has 0 saturated carbocycles. The monoisotopic (exact) mass is 554 g/mol. The first-order valence-corrected chi connectivity index (χ1v) is 13.2. The molecule has 1 aliphatic rings. The molecule has 0 unspecified atom stereocenters. The van der Waals surface area contributed by atoms with Gasteiger partial charge in [-0.25, -0.2) is 9.97 Å². The van der Waals surface area contributed by atoms with Crippen LogP contribution in [0.25, 0.3) is 11.1 Å². The zero-order chi connectivity index (χ0) is 29.0. The second-order valence-electron chi connectivity index (χ2n) is 10.1. The van der Waals surface area contributed by atoms with Gasteiger partial charge in [-0.15, -0.1) is 0 Å². The predicted molar refractivity (Wildman–Crippen MR) is 146 cm³/mol. The van der Waals surface area contributed by atoms with E-state index in [1.54, 1.807) is 37.3 Å². The van der Waals surface area contributed by atoms with E-state index in [1.165, 1.54) is 12.3 Å². The fourth-order valence-corrected chi connectivity index (χ4v) is 4.65. The third kappa shape index (κ3) is 6.59. The van der Waals surface area contributed by atoms with Gasteiger partial charge in [-0.2, -0.15) is 13.2 Å². The third-order valence-corrected chi connectivity index (χ3v) is 6.98. The van der Waals surface area contributed by atoms with Gasteiger partial charge < -0.3 is 20.9 Å². The van der Waals surface area contributed by atoms with Crippen molar-refractivity contribution in [3.8, 4) is 11.1 Å². The van der Waals surface area contributed by atoms with Crippen LogP contribution in [0.4, 0.5) is 19.0 Å². The summed E-state index contributed by atoms with van der Waals surface area (Å²) in [7, 11) is 0. The lowest BCUT2D eigenvalue weighted by Gasteiger charge is -2.36. The Morgan fingerprint density at radius 3 is 2.27 bits per heavy atom. The van der Waals surface area contributed by atoms with Crippen molar-refractivity contribution < 1.29 is 22.8 Å². The van der Waals surface area contributed by atoms with Crippen molar-refractivity contribution in [1.29, 1.82) is 0 Å². The van der Waals surface area contributed by atoms with Crippen LogP contribution in [0.5, 0.6) is 0 Å². The number of alkyl halides is 3. The summed E-state index contributed by atoms with van der Waals surface area (Å²) in [5.74, 6) is 0.265. The van der Waals surface area contributed by atoms with Gasteiger partial charge in [-0.1, -0.05) is 44.2 Å². The molecule has 0 radical (unpaired) electrons. The molecule has 2 heterocycles. The minimum absolute atomic E-state index is 0.0261. The lowest BCUT2D eigenvalue weighted by Crippen LogP contribution is -2.50. The largest absolute Gasteiger partial charge is 0.416 e. The van der Waals surface area contributed by atoms with E-state index in [0.717, 1.165) is 17.7 Å². The maximum Gasteiger partial charge on any atom is 0.416 e. The van der Waals surface area contributed by atoms with Crippen LogP contribution >= 0.6 is 0 Å². The van der Waals surface area contributed by atoms with Gasteiger partial charge in [-0.3, -0.25) is 9.59 Å². The number of aromatic nitrogens is 2. The molecule has 1 atom stereocenters. The number of nitrogens with two attached hydrogens (primary N) is 1. The van der Waals surface area contributed by atoms with Gasteiger partial charge in [0, 0.05) is 44.8 Å². The number of carbonyl (C=O) groups is 2. The topological polar surface area (TPSA) is 104 Å². The highest BCUT2D eigenvalue weighted by molar-refractivity contribution is 5.91. The number of rotatable bonds is 7. The Morgan fingerprint density at radius 2 is 1.68 bits per heavy atom. The van der Waals surface area contributed by atoms with Gasteiger partial charge in [0.2, 0.25) is 11.7 Å². The van der Waals surface area contributed by atoms with Gasteiger partial charge in [0.1, 0.15) is 5.82 Å². The lowest BCUT2D eigenvalue weighted by atomic mass is 9.95. The Labute approximate surface area is 231 Å². The van der Waals surface area contributed by atoms with Crippen LogP contribution in [0.15, 0.2) is 54.7 Å². The van der Waals surface area contributed by atoms with Crippen LogP contribution in [-0.2, 0) is 17.5 Å². The number of nitrogens with one attached hydrogen (secondary N) is 1. The van der Waals surface area contributed by atoms with Crippen molar-refractivity contribution in [3.05, 3.63) is 77.2 Å². The minimum atomic E-state index is -4.46. The number of halogens is 3. The van der Waals surface area contributed by atoms with Crippen molar-refractivity contribution in [3.63, 3.8) is 0 Å². The second-order valence-corrected chi connectivity index (χ2v) is 10.1. The van der Waals surface area contributed by atoms with Crippen LogP contribution in [0.2, 0.25) is 0 Å². The smallest absolute Gasteiger partial charge is 0.353 e. The van der Waals surface area contributed by atoms with E-state index in [4.69, 9.17) is 5.73 Å². The fraction of sp³-hybridized carbons (Fsp3) is 0.379. The third-order valence-electron chi connectivity index (χ3n) is 6.98. The van der Waals surface area contributed by atoms with Crippen LogP contribution < -0.4 is 16.0 Å². The molecular weight excluding hydrogens is 521 g/mol. The Hall–Kier alpha value is -3.99. The molecule has 8 nitrogen and oxygen atoms in total. The molecule has 11 heteroatoms. The highest BCUT2D eigenvalue weighted by Crippen LogP contribution is 2.34. The van der Waals surface area contributed by atoms with Gasteiger partial charge in [0.15, 0.2) is 0 Å².